The molecule has 0 aromatic rings. The van der Waals surface area contributed by atoms with Crippen molar-refractivity contribution in [3.63, 3.8) is 0 Å². The summed E-state index contributed by atoms with van der Waals surface area (Å²) in [6.07, 6.45) is 0. The third-order valence-corrected chi connectivity index (χ3v) is 4.55. The van der Waals surface area contributed by atoms with E-state index in [2.05, 4.69) is 6.92 Å². The molecule has 0 fully saturated rings. The average Bonchev–Trinajstić information content (AvgIpc) is 2.03. The minimum absolute atomic E-state index is 0.292. The van der Waals surface area contributed by atoms with Crippen LogP contribution < -0.4 is 0 Å². The van der Waals surface area contributed by atoms with Gasteiger partial charge in [-0.1, -0.05) is 6.92 Å². The maximum Gasteiger partial charge on any atom is 0.142 e. The number of hydrogen-bond donors (Lipinski definition) is 0. The number of rotatable bonds is 8. The van der Waals surface area contributed by atoms with E-state index < -0.39 is 0 Å². The van der Waals surface area contributed by atoms with Crippen molar-refractivity contribution in [1.29, 1.82) is 0 Å². The van der Waals surface area contributed by atoms with E-state index in [1.165, 1.54) is 0 Å². The van der Waals surface area contributed by atoms with Crippen molar-refractivity contribution in [3.05, 3.63) is 0 Å². The summed E-state index contributed by atoms with van der Waals surface area (Å²) in [4.78, 5) is 0. The normalized spacial score (nSPS) is 12.0. The van der Waals surface area contributed by atoms with Gasteiger partial charge in [0.15, 0.2) is 0 Å². The number of nitrogens with zero attached hydrogens (tertiary/aromatic N) is 2. The molecule has 4 radical (unpaired) electrons. The van der Waals surface area contributed by atoms with Crippen molar-refractivity contribution in [2.24, 2.45) is 0 Å². The topological polar surface area (TPSA) is 6.48 Å². The molecule has 0 N–H and O–H groups in total. The van der Waals surface area contributed by atoms with Crippen LogP contribution in [0.3, 0.4) is 0 Å². The Morgan fingerprint density at radius 3 is 1.64 bits per heavy atom. The van der Waals surface area contributed by atoms with Crippen LogP contribution in [0.4, 0.5) is 8.78 Å². The Hall–Kier alpha value is 0.214. The van der Waals surface area contributed by atoms with Crippen molar-refractivity contribution in [3.8, 4) is 0 Å². The van der Waals surface area contributed by atoms with Gasteiger partial charge in [0.1, 0.15) is 32.7 Å². The molecule has 0 rings (SSSR count). The molecule has 0 bridgehead atoms. The summed E-state index contributed by atoms with van der Waals surface area (Å²) in [5, 5.41) is 0.503. The second-order valence-corrected chi connectivity index (χ2v) is 7.55. The van der Waals surface area contributed by atoms with Gasteiger partial charge in [0.25, 0.3) is 0 Å². The average molecular weight is 236 g/mol. The molecule has 14 heavy (non-hydrogen) atoms. The van der Waals surface area contributed by atoms with Gasteiger partial charge in [-0.3, -0.25) is 0 Å². The predicted octanol–water partition coefficient (Wildman–Crippen LogP) is 0.793. The predicted molar refractivity (Wildman–Crippen MR) is 58.1 cm³/mol. The summed E-state index contributed by atoms with van der Waals surface area (Å²) in [7, 11) is 5.10. The third-order valence-electron chi connectivity index (χ3n) is 1.67. The van der Waals surface area contributed by atoms with E-state index in [-0.39, 0.29) is 13.3 Å². The molecule has 6 heteroatoms. The Morgan fingerprint density at radius 2 is 1.36 bits per heavy atom. The van der Waals surface area contributed by atoms with Gasteiger partial charge >= 0.3 is 0 Å². The first kappa shape index (κ1) is 14.2. The first-order chi connectivity index (χ1) is 6.60. The number of hydrogen-bond acceptors (Lipinski definition) is 2. The van der Waals surface area contributed by atoms with Crippen LogP contribution in [0.25, 0.3) is 0 Å². The molecule has 0 saturated heterocycles. The van der Waals surface area contributed by atoms with Gasteiger partial charge in [-0.05, 0) is 19.3 Å². The fraction of sp³-hybridized carbons (Fsp3) is 1.00. The van der Waals surface area contributed by atoms with E-state index in [0.717, 1.165) is 0 Å². The van der Waals surface area contributed by atoms with Gasteiger partial charge in [-0.25, -0.2) is 8.78 Å². The van der Waals surface area contributed by atoms with Crippen LogP contribution in [0.15, 0.2) is 0 Å². The molecule has 2 nitrogen and oxygen atoms in total. The maximum absolute atomic E-state index is 12.0. The fourth-order valence-electron chi connectivity index (χ4n) is 1.07. The number of halogens is 2. The Morgan fingerprint density at radius 1 is 1.00 bits per heavy atom. The molecule has 0 aromatic heterocycles. The van der Waals surface area contributed by atoms with Crippen LogP contribution in [-0.2, 0) is 0 Å². The van der Waals surface area contributed by atoms with Crippen LogP contribution in [-0.4, -0.2) is 69.0 Å². The monoisotopic (exact) mass is 236 g/mol. The smallest absolute Gasteiger partial charge is 0.142 e. The molecule has 0 aliphatic heterocycles. The molecule has 82 valence electrons. The van der Waals surface area contributed by atoms with Crippen LogP contribution >= 0.6 is 0 Å². The summed E-state index contributed by atoms with van der Waals surface area (Å²) >= 11 is 0. The molecule has 0 unspecified atom stereocenters. The Labute approximate surface area is 90.5 Å². The highest BCUT2D eigenvalue weighted by Gasteiger charge is 2.12. The van der Waals surface area contributed by atoms with Crippen molar-refractivity contribution in [1.82, 2.24) is 9.13 Å². The summed E-state index contributed by atoms with van der Waals surface area (Å²) < 4.78 is 28.0. The molecule has 0 spiro atoms. The zero-order chi connectivity index (χ0) is 11.0. The molecule has 0 heterocycles. The Balaban J connectivity index is 3.57. The third kappa shape index (κ3) is 7.60. The van der Waals surface area contributed by atoms with Gasteiger partial charge in [-0.15, -0.1) is 0 Å². The molecule has 0 aliphatic carbocycles. The molecular formula is C8H18F2N2Si2. The number of alkyl halides is 2. The highest BCUT2D eigenvalue weighted by Crippen LogP contribution is 2.02. The van der Waals surface area contributed by atoms with E-state index in [0.29, 0.717) is 37.6 Å². The summed E-state index contributed by atoms with van der Waals surface area (Å²) in [5.41, 5.74) is 0. The van der Waals surface area contributed by atoms with Crippen molar-refractivity contribution < 1.29 is 8.78 Å². The standard InChI is InChI=1S/C8H18F2N2Si2/c1-8(13-11(2)6-4-9)14-12(3)7-5-10/h8H,4-7H2,1-3H3. The van der Waals surface area contributed by atoms with E-state index in [9.17, 15) is 8.78 Å². The highest BCUT2D eigenvalue weighted by molar-refractivity contribution is 6.55. The summed E-state index contributed by atoms with van der Waals surface area (Å²) in [5.74, 6) is 0. The molecular weight excluding hydrogens is 218 g/mol. The molecule has 0 aliphatic rings. The van der Waals surface area contributed by atoms with Crippen LogP contribution in [0.2, 0.25) is 5.16 Å². The van der Waals surface area contributed by atoms with Gasteiger partial charge in [-0.2, -0.15) is 0 Å². The van der Waals surface area contributed by atoms with Gasteiger partial charge in [0.05, 0.1) is 0 Å². The minimum atomic E-state index is -0.292. The second kappa shape index (κ2) is 8.52. The zero-order valence-electron chi connectivity index (χ0n) is 9.06. The van der Waals surface area contributed by atoms with Crippen molar-refractivity contribution >= 4 is 19.4 Å². The first-order valence-corrected chi connectivity index (χ1v) is 6.71. The van der Waals surface area contributed by atoms with Gasteiger partial charge in [0, 0.05) is 13.1 Å². The largest absolute Gasteiger partial charge is 0.326 e. The van der Waals surface area contributed by atoms with Crippen LogP contribution in [0, 0.1) is 0 Å². The Bertz CT molecular complexity index is 127. The quantitative estimate of drug-likeness (QED) is 0.575. The molecule has 0 amide bonds. The fourth-order valence-corrected chi connectivity index (χ4v) is 4.38. The minimum Gasteiger partial charge on any atom is -0.326 e. The lowest BCUT2D eigenvalue weighted by Crippen LogP contribution is -2.36. The zero-order valence-corrected chi connectivity index (χ0v) is 11.1. The molecule has 0 aromatic carbocycles. The van der Waals surface area contributed by atoms with Crippen molar-refractivity contribution in [2.75, 3.05) is 40.5 Å². The van der Waals surface area contributed by atoms with Crippen LogP contribution in [0.1, 0.15) is 6.92 Å². The van der Waals surface area contributed by atoms with Gasteiger partial charge in [0.2, 0.25) is 0 Å². The van der Waals surface area contributed by atoms with Crippen LogP contribution in [0.5, 0.6) is 0 Å². The summed E-state index contributed by atoms with van der Waals surface area (Å²) in [6, 6.07) is 0. The van der Waals surface area contributed by atoms with Crippen molar-refractivity contribution in [2.45, 2.75) is 12.1 Å². The van der Waals surface area contributed by atoms with E-state index >= 15 is 0 Å². The van der Waals surface area contributed by atoms with Gasteiger partial charge < -0.3 is 9.13 Å². The SMILES string of the molecule is CC([Si]N(C)CCF)[Si]N(C)CCF. The molecule has 0 saturated carbocycles. The lowest BCUT2D eigenvalue weighted by atomic mass is 10.7. The van der Waals surface area contributed by atoms with E-state index in [1.54, 1.807) is 0 Å². The first-order valence-electron chi connectivity index (χ1n) is 4.66. The second-order valence-electron chi connectivity index (χ2n) is 3.20. The molecule has 0 atom stereocenters. The lowest BCUT2D eigenvalue weighted by molar-refractivity contribution is 0.402. The van der Waals surface area contributed by atoms with E-state index in [4.69, 9.17) is 0 Å². The maximum atomic E-state index is 12.0. The van der Waals surface area contributed by atoms with E-state index in [1.807, 2.05) is 23.2 Å². The summed E-state index contributed by atoms with van der Waals surface area (Å²) in [6.45, 7) is 2.54. The highest BCUT2D eigenvalue weighted by atomic mass is 28.3. The Kier molecular flexibility index (Phi) is 8.65. The lowest BCUT2D eigenvalue weighted by Gasteiger charge is -2.21.